The first kappa shape index (κ1) is 22.0. The number of amides is 2. The maximum absolute atomic E-state index is 13.0. The number of likely N-dealkylation sites (tertiary alicyclic amines) is 1. The lowest BCUT2D eigenvalue weighted by Crippen LogP contribution is -2.35. The Kier molecular flexibility index (Phi) is 6.29. The molecule has 2 saturated heterocycles. The van der Waals surface area contributed by atoms with E-state index in [9.17, 15) is 18.0 Å². The fourth-order valence-electron chi connectivity index (χ4n) is 4.16. The Balaban J connectivity index is 1.33. The molecule has 0 bridgehead atoms. The highest BCUT2D eigenvalue weighted by Crippen LogP contribution is 2.34. The molecule has 0 spiro atoms. The Hall–Kier alpha value is -3.17. The van der Waals surface area contributed by atoms with Gasteiger partial charge in [-0.3, -0.25) is 4.79 Å². The fraction of sp³-hybridized carbons (Fsp3) is 0.304. The maximum atomic E-state index is 13.0. The van der Waals surface area contributed by atoms with Crippen molar-refractivity contribution >= 4 is 27.7 Å². The standard InChI is InChI=1S/C23H25N3O5S/c1-2-22(27)24-20-8-10-21(11-9-20)32(29,30)26-14-18-12-25(13-19(18)15-26)23(28)31-16-17-6-4-3-5-7-17/h2-11,18-19H,1,12-16H2,(H,24,27). The van der Waals surface area contributed by atoms with Crippen LogP contribution in [-0.2, 0) is 26.2 Å². The zero-order chi connectivity index (χ0) is 22.7. The van der Waals surface area contributed by atoms with Gasteiger partial charge < -0.3 is 15.0 Å². The number of sulfonamides is 1. The first-order valence-corrected chi connectivity index (χ1v) is 11.8. The van der Waals surface area contributed by atoms with Crippen LogP contribution in [0.2, 0.25) is 0 Å². The van der Waals surface area contributed by atoms with Crippen LogP contribution in [0.5, 0.6) is 0 Å². The number of carbonyl (C=O) groups is 2. The second-order valence-corrected chi connectivity index (χ2v) is 9.94. The topological polar surface area (TPSA) is 96.0 Å². The molecule has 2 aliphatic heterocycles. The van der Waals surface area contributed by atoms with Crippen LogP contribution < -0.4 is 5.32 Å². The molecule has 9 heteroatoms. The van der Waals surface area contributed by atoms with E-state index in [-0.39, 0.29) is 35.3 Å². The van der Waals surface area contributed by atoms with Gasteiger partial charge >= 0.3 is 6.09 Å². The van der Waals surface area contributed by atoms with Crippen LogP contribution in [0, 0.1) is 11.8 Å². The number of anilines is 1. The van der Waals surface area contributed by atoms with E-state index < -0.39 is 10.0 Å². The second-order valence-electron chi connectivity index (χ2n) is 8.01. The van der Waals surface area contributed by atoms with E-state index >= 15 is 0 Å². The molecular formula is C23H25N3O5S. The average Bonchev–Trinajstić information content (AvgIpc) is 3.38. The number of nitrogens with zero attached hydrogens (tertiary/aromatic N) is 2. The Labute approximate surface area is 187 Å². The van der Waals surface area contributed by atoms with Crippen molar-refractivity contribution in [2.45, 2.75) is 11.5 Å². The van der Waals surface area contributed by atoms with Gasteiger partial charge in [0.1, 0.15) is 6.61 Å². The van der Waals surface area contributed by atoms with Crippen LogP contribution in [0.1, 0.15) is 5.56 Å². The van der Waals surface area contributed by atoms with Gasteiger partial charge in [0.05, 0.1) is 4.90 Å². The number of fused-ring (bicyclic) bond motifs is 1. The van der Waals surface area contributed by atoms with Gasteiger partial charge in [-0.2, -0.15) is 4.31 Å². The smallest absolute Gasteiger partial charge is 0.410 e. The molecule has 0 aliphatic carbocycles. The molecule has 2 fully saturated rings. The van der Waals surface area contributed by atoms with Crippen molar-refractivity contribution < 1.29 is 22.7 Å². The van der Waals surface area contributed by atoms with Gasteiger partial charge in [-0.25, -0.2) is 13.2 Å². The molecule has 2 aliphatic rings. The van der Waals surface area contributed by atoms with Gasteiger partial charge in [0, 0.05) is 31.9 Å². The largest absolute Gasteiger partial charge is 0.445 e. The second kappa shape index (κ2) is 9.13. The minimum absolute atomic E-state index is 0.0835. The number of ether oxygens (including phenoxy) is 1. The van der Waals surface area contributed by atoms with Crippen LogP contribution in [0.3, 0.4) is 0 Å². The molecule has 0 saturated carbocycles. The summed E-state index contributed by atoms with van der Waals surface area (Å²) in [6.45, 7) is 5.30. The quantitative estimate of drug-likeness (QED) is 0.676. The summed E-state index contributed by atoms with van der Waals surface area (Å²) in [5.41, 5.74) is 1.42. The summed E-state index contributed by atoms with van der Waals surface area (Å²) in [5, 5.41) is 2.59. The van der Waals surface area contributed by atoms with E-state index in [1.54, 1.807) is 17.0 Å². The lowest BCUT2D eigenvalue weighted by molar-refractivity contribution is -0.111. The summed E-state index contributed by atoms with van der Waals surface area (Å²) in [7, 11) is -3.65. The van der Waals surface area contributed by atoms with Crippen LogP contribution in [0.4, 0.5) is 10.5 Å². The Morgan fingerprint density at radius 2 is 1.62 bits per heavy atom. The Morgan fingerprint density at radius 1 is 1.00 bits per heavy atom. The molecule has 168 valence electrons. The van der Waals surface area contributed by atoms with E-state index in [0.29, 0.717) is 31.9 Å². The van der Waals surface area contributed by atoms with E-state index in [0.717, 1.165) is 11.6 Å². The molecule has 2 heterocycles. The molecule has 32 heavy (non-hydrogen) atoms. The van der Waals surface area contributed by atoms with Crippen LogP contribution in [-0.4, -0.2) is 55.8 Å². The molecule has 2 aromatic rings. The van der Waals surface area contributed by atoms with Crippen molar-refractivity contribution in [2.75, 3.05) is 31.5 Å². The summed E-state index contributed by atoms with van der Waals surface area (Å²) in [5.74, 6) is -0.194. The summed E-state index contributed by atoms with van der Waals surface area (Å²) in [6, 6.07) is 15.5. The third kappa shape index (κ3) is 4.68. The van der Waals surface area contributed by atoms with E-state index in [1.807, 2.05) is 30.3 Å². The first-order chi connectivity index (χ1) is 15.4. The lowest BCUT2D eigenvalue weighted by atomic mass is 10.0. The highest BCUT2D eigenvalue weighted by Gasteiger charge is 2.45. The maximum Gasteiger partial charge on any atom is 0.410 e. The summed E-state index contributed by atoms with van der Waals surface area (Å²) in [6.07, 6.45) is 0.781. The number of hydrogen-bond acceptors (Lipinski definition) is 5. The number of carbonyl (C=O) groups excluding carboxylic acids is 2. The minimum atomic E-state index is -3.65. The van der Waals surface area contributed by atoms with Gasteiger partial charge in [0.15, 0.2) is 0 Å². The first-order valence-electron chi connectivity index (χ1n) is 10.4. The fourth-order valence-corrected chi connectivity index (χ4v) is 5.71. The van der Waals surface area contributed by atoms with Crippen molar-refractivity contribution in [3.05, 3.63) is 72.8 Å². The van der Waals surface area contributed by atoms with E-state index in [4.69, 9.17) is 4.74 Å². The summed E-state index contributed by atoms with van der Waals surface area (Å²) >= 11 is 0. The summed E-state index contributed by atoms with van der Waals surface area (Å²) < 4.78 is 33.0. The number of nitrogens with one attached hydrogen (secondary N) is 1. The number of rotatable bonds is 6. The zero-order valence-corrected chi connectivity index (χ0v) is 18.3. The molecule has 2 atom stereocenters. The van der Waals surface area contributed by atoms with Gasteiger partial charge in [-0.15, -0.1) is 0 Å². The molecule has 0 radical (unpaired) electrons. The highest BCUT2D eigenvalue weighted by molar-refractivity contribution is 7.89. The highest BCUT2D eigenvalue weighted by atomic mass is 32.2. The molecule has 8 nitrogen and oxygen atoms in total. The van der Waals surface area contributed by atoms with Crippen LogP contribution in [0.15, 0.2) is 72.1 Å². The summed E-state index contributed by atoms with van der Waals surface area (Å²) in [4.78, 5) is 25.6. The van der Waals surface area contributed by atoms with Crippen molar-refractivity contribution in [2.24, 2.45) is 11.8 Å². The Bertz CT molecular complexity index is 1090. The third-order valence-electron chi connectivity index (χ3n) is 5.86. The van der Waals surface area contributed by atoms with Gasteiger partial charge in [0.2, 0.25) is 15.9 Å². The monoisotopic (exact) mass is 455 g/mol. The lowest BCUT2D eigenvalue weighted by Gasteiger charge is -2.21. The molecular weight excluding hydrogens is 430 g/mol. The van der Waals surface area contributed by atoms with Crippen molar-refractivity contribution in [1.82, 2.24) is 9.21 Å². The van der Waals surface area contributed by atoms with Gasteiger partial charge in [0.25, 0.3) is 0 Å². The molecule has 0 aromatic heterocycles. The predicted molar refractivity (Wildman–Crippen MR) is 119 cm³/mol. The van der Waals surface area contributed by atoms with Crippen molar-refractivity contribution in [3.63, 3.8) is 0 Å². The molecule has 2 amide bonds. The molecule has 1 N–H and O–H groups in total. The van der Waals surface area contributed by atoms with Crippen molar-refractivity contribution in [3.8, 4) is 0 Å². The number of benzene rings is 2. The molecule has 4 rings (SSSR count). The zero-order valence-electron chi connectivity index (χ0n) is 17.5. The normalized spacial score (nSPS) is 20.6. The van der Waals surface area contributed by atoms with Crippen molar-refractivity contribution in [1.29, 1.82) is 0 Å². The Morgan fingerprint density at radius 3 is 2.22 bits per heavy atom. The predicted octanol–water partition coefficient (Wildman–Crippen LogP) is 2.70. The molecule has 2 aromatic carbocycles. The number of hydrogen-bond donors (Lipinski definition) is 1. The van der Waals surface area contributed by atoms with Crippen LogP contribution in [0.25, 0.3) is 0 Å². The minimum Gasteiger partial charge on any atom is -0.445 e. The molecule has 2 unspecified atom stereocenters. The van der Waals surface area contributed by atoms with E-state index in [1.165, 1.54) is 16.4 Å². The van der Waals surface area contributed by atoms with Gasteiger partial charge in [-0.05, 0) is 47.7 Å². The third-order valence-corrected chi connectivity index (χ3v) is 7.71. The van der Waals surface area contributed by atoms with E-state index in [2.05, 4.69) is 11.9 Å². The average molecular weight is 456 g/mol. The SMILES string of the molecule is C=CC(=O)Nc1ccc(S(=O)(=O)N2CC3CN(C(=O)OCc4ccccc4)CC3C2)cc1. The van der Waals surface area contributed by atoms with Gasteiger partial charge in [-0.1, -0.05) is 36.9 Å². The van der Waals surface area contributed by atoms with Crippen LogP contribution >= 0.6 is 0 Å².